The maximum Gasteiger partial charge on any atom is 0.339 e. The predicted molar refractivity (Wildman–Crippen MR) is 68.2 cm³/mol. The molecule has 1 N–H and O–H groups in total. The molecule has 6 heteroatoms. The molecule has 0 aliphatic heterocycles. The van der Waals surface area contributed by atoms with Crippen molar-refractivity contribution in [3.63, 3.8) is 0 Å². The van der Waals surface area contributed by atoms with Gasteiger partial charge in [0.25, 0.3) is 0 Å². The number of anilines is 1. The molecule has 0 spiro atoms. The fourth-order valence-electron chi connectivity index (χ4n) is 1.68. The normalized spacial score (nSPS) is 9.68. The van der Waals surface area contributed by atoms with Crippen molar-refractivity contribution in [1.82, 2.24) is 0 Å². The summed E-state index contributed by atoms with van der Waals surface area (Å²) in [6.45, 7) is 2.97. The van der Waals surface area contributed by atoms with Crippen LogP contribution in [0, 0.1) is 6.92 Å². The van der Waals surface area contributed by atoms with Crippen molar-refractivity contribution in [2.24, 2.45) is 0 Å². The van der Waals surface area contributed by atoms with Crippen LogP contribution in [0.15, 0.2) is 12.1 Å². The van der Waals surface area contributed by atoms with E-state index in [-0.39, 0.29) is 17.0 Å². The van der Waals surface area contributed by atoms with E-state index in [1.165, 1.54) is 33.3 Å². The number of rotatable bonds is 3. The number of carbonyl (C=O) groups is 3. The lowest BCUT2D eigenvalue weighted by atomic mass is 10.00. The van der Waals surface area contributed by atoms with Crippen LogP contribution in [0.3, 0.4) is 0 Å². The zero-order chi connectivity index (χ0) is 14.6. The molecule has 1 aromatic carbocycles. The molecule has 0 radical (unpaired) electrons. The van der Waals surface area contributed by atoms with Crippen molar-refractivity contribution in [2.45, 2.75) is 13.8 Å². The van der Waals surface area contributed by atoms with E-state index >= 15 is 0 Å². The Morgan fingerprint density at radius 1 is 1.05 bits per heavy atom. The number of benzene rings is 1. The van der Waals surface area contributed by atoms with Gasteiger partial charge < -0.3 is 14.8 Å². The minimum absolute atomic E-state index is 0.0839. The molecular formula is C13H15NO5. The number of carbonyl (C=O) groups excluding carboxylic acids is 3. The van der Waals surface area contributed by atoms with Gasteiger partial charge in [0, 0.05) is 12.6 Å². The Kier molecular flexibility index (Phi) is 4.63. The summed E-state index contributed by atoms with van der Waals surface area (Å²) in [6, 6.07) is 2.95. The van der Waals surface area contributed by atoms with Gasteiger partial charge in [0.2, 0.25) is 5.91 Å². The minimum atomic E-state index is -0.662. The molecule has 6 nitrogen and oxygen atoms in total. The average molecular weight is 265 g/mol. The van der Waals surface area contributed by atoms with Gasteiger partial charge in [0.15, 0.2) is 0 Å². The number of nitrogens with one attached hydrogen (secondary N) is 1. The Labute approximate surface area is 110 Å². The fourth-order valence-corrected chi connectivity index (χ4v) is 1.68. The zero-order valence-electron chi connectivity index (χ0n) is 11.2. The monoisotopic (exact) mass is 265 g/mol. The van der Waals surface area contributed by atoms with Crippen molar-refractivity contribution in [3.8, 4) is 0 Å². The third-order valence-corrected chi connectivity index (χ3v) is 2.57. The minimum Gasteiger partial charge on any atom is -0.465 e. The van der Waals surface area contributed by atoms with Crippen molar-refractivity contribution in [1.29, 1.82) is 0 Å². The van der Waals surface area contributed by atoms with Crippen LogP contribution in [0.1, 0.15) is 33.2 Å². The average Bonchev–Trinajstić information content (AvgIpc) is 2.38. The Balaban J connectivity index is 3.44. The third kappa shape index (κ3) is 3.09. The van der Waals surface area contributed by atoms with E-state index in [0.717, 1.165) is 0 Å². The third-order valence-electron chi connectivity index (χ3n) is 2.57. The van der Waals surface area contributed by atoms with E-state index in [4.69, 9.17) is 0 Å². The second-order valence-electron chi connectivity index (χ2n) is 3.83. The van der Waals surface area contributed by atoms with Crippen LogP contribution in [0.5, 0.6) is 0 Å². The summed E-state index contributed by atoms with van der Waals surface area (Å²) in [6.07, 6.45) is 0. The summed E-state index contributed by atoms with van der Waals surface area (Å²) in [5, 5.41) is 2.58. The molecule has 0 aliphatic carbocycles. The maximum absolute atomic E-state index is 11.8. The number of methoxy groups -OCH3 is 2. The van der Waals surface area contributed by atoms with Gasteiger partial charge in [-0.25, -0.2) is 9.59 Å². The van der Waals surface area contributed by atoms with Gasteiger partial charge in [-0.2, -0.15) is 0 Å². The highest BCUT2D eigenvalue weighted by Gasteiger charge is 2.22. The molecule has 0 atom stereocenters. The number of hydrogen-bond acceptors (Lipinski definition) is 5. The van der Waals surface area contributed by atoms with Gasteiger partial charge >= 0.3 is 11.9 Å². The maximum atomic E-state index is 11.8. The van der Waals surface area contributed by atoms with Crippen LogP contribution >= 0.6 is 0 Å². The standard InChI is InChI=1S/C13H15NO5/c1-7-10(14-8(2)15)6-5-9(12(16)18-3)11(7)13(17)19-4/h5-6H,1-4H3,(H,14,15). The molecular weight excluding hydrogens is 250 g/mol. The van der Waals surface area contributed by atoms with Crippen molar-refractivity contribution >= 4 is 23.5 Å². The largest absolute Gasteiger partial charge is 0.465 e. The van der Waals surface area contributed by atoms with Crippen LogP contribution in [0.4, 0.5) is 5.69 Å². The van der Waals surface area contributed by atoms with Crippen molar-refractivity contribution in [3.05, 3.63) is 28.8 Å². The quantitative estimate of drug-likeness (QED) is 0.838. The molecule has 0 aromatic heterocycles. The van der Waals surface area contributed by atoms with Gasteiger partial charge in [-0.3, -0.25) is 4.79 Å². The molecule has 0 fully saturated rings. The van der Waals surface area contributed by atoms with Gasteiger partial charge in [0.1, 0.15) is 0 Å². The van der Waals surface area contributed by atoms with Gasteiger partial charge in [-0.15, -0.1) is 0 Å². The lowest BCUT2D eigenvalue weighted by Gasteiger charge is -2.13. The van der Waals surface area contributed by atoms with E-state index in [0.29, 0.717) is 11.3 Å². The lowest BCUT2D eigenvalue weighted by molar-refractivity contribution is -0.114. The number of hydrogen-bond donors (Lipinski definition) is 1. The number of esters is 2. The second kappa shape index (κ2) is 5.99. The number of ether oxygens (including phenoxy) is 2. The molecule has 0 saturated heterocycles. The van der Waals surface area contributed by atoms with Crippen molar-refractivity contribution < 1.29 is 23.9 Å². The molecule has 0 saturated carbocycles. The van der Waals surface area contributed by atoms with E-state index < -0.39 is 11.9 Å². The summed E-state index contributed by atoms with van der Waals surface area (Å²) in [5.41, 5.74) is 1.08. The Morgan fingerprint density at radius 3 is 2.11 bits per heavy atom. The highest BCUT2D eigenvalue weighted by Crippen LogP contribution is 2.24. The Bertz CT molecular complexity index is 536. The van der Waals surface area contributed by atoms with E-state index in [9.17, 15) is 14.4 Å². The highest BCUT2D eigenvalue weighted by atomic mass is 16.5. The molecule has 1 amide bonds. The zero-order valence-corrected chi connectivity index (χ0v) is 11.2. The first-order valence-corrected chi connectivity index (χ1v) is 5.50. The molecule has 1 aromatic rings. The molecule has 0 bridgehead atoms. The van der Waals surface area contributed by atoms with Crippen LogP contribution in [0.25, 0.3) is 0 Å². The van der Waals surface area contributed by atoms with Gasteiger partial charge in [-0.1, -0.05) is 0 Å². The topological polar surface area (TPSA) is 81.7 Å². The van der Waals surface area contributed by atoms with Gasteiger partial charge in [-0.05, 0) is 24.6 Å². The second-order valence-corrected chi connectivity index (χ2v) is 3.83. The highest BCUT2D eigenvalue weighted by molar-refractivity contribution is 6.06. The van der Waals surface area contributed by atoms with E-state index in [1.807, 2.05) is 0 Å². The first kappa shape index (κ1) is 14.7. The van der Waals surface area contributed by atoms with Crippen LogP contribution in [-0.4, -0.2) is 32.1 Å². The molecule has 0 unspecified atom stereocenters. The summed E-state index contributed by atoms with van der Waals surface area (Å²) in [4.78, 5) is 34.5. The van der Waals surface area contributed by atoms with Crippen molar-refractivity contribution in [2.75, 3.05) is 19.5 Å². The Morgan fingerprint density at radius 2 is 1.63 bits per heavy atom. The molecule has 19 heavy (non-hydrogen) atoms. The van der Waals surface area contributed by atoms with Crippen LogP contribution in [0.2, 0.25) is 0 Å². The first-order chi connectivity index (χ1) is 8.92. The van der Waals surface area contributed by atoms with E-state index in [1.54, 1.807) is 6.92 Å². The van der Waals surface area contributed by atoms with Gasteiger partial charge in [0.05, 0.1) is 25.3 Å². The fraction of sp³-hybridized carbons (Fsp3) is 0.308. The van der Waals surface area contributed by atoms with Crippen LogP contribution < -0.4 is 5.32 Å². The summed E-state index contributed by atoms with van der Waals surface area (Å²) >= 11 is 0. The Hall–Kier alpha value is -2.37. The summed E-state index contributed by atoms with van der Waals surface area (Å²) in [5.74, 6) is -1.58. The smallest absolute Gasteiger partial charge is 0.339 e. The SMILES string of the molecule is COC(=O)c1ccc(NC(C)=O)c(C)c1C(=O)OC. The molecule has 1 rings (SSSR count). The molecule has 0 heterocycles. The first-order valence-electron chi connectivity index (χ1n) is 5.50. The van der Waals surface area contributed by atoms with Crippen LogP contribution in [-0.2, 0) is 14.3 Å². The van der Waals surface area contributed by atoms with E-state index in [2.05, 4.69) is 14.8 Å². The summed E-state index contributed by atoms with van der Waals surface area (Å²) in [7, 11) is 2.44. The predicted octanol–water partition coefficient (Wildman–Crippen LogP) is 1.53. The lowest BCUT2D eigenvalue weighted by Crippen LogP contribution is -2.16. The molecule has 0 aliphatic rings. The molecule has 102 valence electrons. The number of amides is 1. The summed E-state index contributed by atoms with van der Waals surface area (Å²) < 4.78 is 9.27.